The molecule has 0 spiro atoms. The van der Waals surface area contributed by atoms with Gasteiger partial charge in [-0.3, -0.25) is 0 Å². The monoisotopic (exact) mass is 288 g/mol. The summed E-state index contributed by atoms with van der Waals surface area (Å²) >= 11 is 0. The Kier molecular flexibility index (Phi) is 5.26. The fourth-order valence-corrected chi connectivity index (χ4v) is 1.83. The van der Waals surface area contributed by atoms with E-state index >= 15 is 0 Å². The predicted octanol–water partition coefficient (Wildman–Crippen LogP) is 2.83. The molecule has 0 bridgehead atoms. The van der Waals surface area contributed by atoms with E-state index in [4.69, 9.17) is 19.9 Å². The first-order chi connectivity index (χ1) is 10.2. The maximum atomic E-state index is 5.78. The van der Waals surface area contributed by atoms with Crippen LogP contribution in [-0.4, -0.2) is 24.8 Å². The van der Waals surface area contributed by atoms with Crippen molar-refractivity contribution < 1.29 is 14.2 Å². The molecule has 5 nitrogen and oxygen atoms in total. The van der Waals surface area contributed by atoms with Gasteiger partial charge in [-0.05, 0) is 38.1 Å². The Morgan fingerprint density at radius 2 is 1.52 bits per heavy atom. The number of hydrogen-bond donors (Lipinski definition) is 1. The lowest BCUT2D eigenvalue weighted by molar-refractivity contribution is 0.208. The number of aromatic nitrogens is 1. The molecule has 2 N–H and O–H groups in total. The third kappa shape index (κ3) is 4.27. The largest absolute Gasteiger partial charge is 0.490 e. The second kappa shape index (κ2) is 7.38. The van der Waals surface area contributed by atoms with Crippen molar-refractivity contribution in [2.75, 3.05) is 25.6 Å². The molecule has 0 fully saturated rings. The third-order valence-electron chi connectivity index (χ3n) is 2.77. The lowest BCUT2D eigenvalue weighted by atomic mass is 10.3. The van der Waals surface area contributed by atoms with Crippen LogP contribution in [0.5, 0.6) is 17.2 Å². The number of benzene rings is 1. The lowest BCUT2D eigenvalue weighted by Gasteiger charge is -2.12. The van der Waals surface area contributed by atoms with E-state index in [1.807, 2.05) is 50.2 Å². The molecule has 0 amide bonds. The molecular formula is C16H20N2O3. The summed E-state index contributed by atoms with van der Waals surface area (Å²) in [7, 11) is 0. The summed E-state index contributed by atoms with van der Waals surface area (Å²) < 4.78 is 16.7. The molecule has 0 saturated heterocycles. The maximum absolute atomic E-state index is 5.78. The van der Waals surface area contributed by atoms with Crippen LogP contribution in [0.4, 0.5) is 5.82 Å². The van der Waals surface area contributed by atoms with Gasteiger partial charge < -0.3 is 19.9 Å². The number of para-hydroxylation sites is 2. The highest BCUT2D eigenvalue weighted by Crippen LogP contribution is 2.26. The first-order valence-corrected chi connectivity index (χ1v) is 6.91. The van der Waals surface area contributed by atoms with Crippen LogP contribution in [0.2, 0.25) is 0 Å². The average molecular weight is 288 g/mol. The van der Waals surface area contributed by atoms with Gasteiger partial charge >= 0.3 is 0 Å². The van der Waals surface area contributed by atoms with Gasteiger partial charge in [0.2, 0.25) is 0 Å². The van der Waals surface area contributed by atoms with Crippen LogP contribution in [0.15, 0.2) is 36.4 Å². The molecule has 5 heteroatoms. The van der Waals surface area contributed by atoms with Crippen LogP contribution in [0.3, 0.4) is 0 Å². The second-order valence-corrected chi connectivity index (χ2v) is 4.41. The number of hydrogen-bond acceptors (Lipinski definition) is 5. The molecule has 1 aromatic carbocycles. The minimum Gasteiger partial charge on any atom is -0.490 e. The van der Waals surface area contributed by atoms with Crippen LogP contribution in [0.1, 0.15) is 12.6 Å². The topological polar surface area (TPSA) is 66.6 Å². The van der Waals surface area contributed by atoms with Crippen LogP contribution in [0, 0.1) is 6.92 Å². The highest BCUT2D eigenvalue weighted by Gasteiger charge is 2.05. The molecule has 0 aliphatic rings. The Morgan fingerprint density at radius 3 is 2.14 bits per heavy atom. The van der Waals surface area contributed by atoms with E-state index in [9.17, 15) is 0 Å². The van der Waals surface area contributed by atoms with Crippen molar-refractivity contribution in [1.82, 2.24) is 4.98 Å². The van der Waals surface area contributed by atoms with Gasteiger partial charge in [0.05, 0.1) is 6.61 Å². The van der Waals surface area contributed by atoms with Crippen molar-refractivity contribution in [2.24, 2.45) is 0 Å². The number of aryl methyl sites for hydroxylation is 1. The summed E-state index contributed by atoms with van der Waals surface area (Å²) in [5.74, 6) is 2.40. The third-order valence-corrected chi connectivity index (χ3v) is 2.77. The van der Waals surface area contributed by atoms with Crippen molar-refractivity contribution in [3.8, 4) is 17.2 Å². The first kappa shape index (κ1) is 15.0. The molecule has 0 atom stereocenters. The molecule has 2 aromatic rings. The smallest absolute Gasteiger partial charge is 0.166 e. The van der Waals surface area contributed by atoms with Crippen molar-refractivity contribution >= 4 is 5.82 Å². The number of ether oxygens (including phenoxy) is 3. The predicted molar refractivity (Wildman–Crippen MR) is 82.0 cm³/mol. The number of nitrogens with zero attached hydrogens (tertiary/aromatic N) is 1. The standard InChI is InChI=1S/C16H20N2O3/c1-3-19-13-6-4-5-7-14(13)20-10-11-21-15-9-8-12(2)18-16(15)17/h4-9H,3,10-11H2,1-2H3,(H2,17,18). The van der Waals surface area contributed by atoms with Gasteiger partial charge in [0.1, 0.15) is 13.2 Å². The van der Waals surface area contributed by atoms with E-state index in [1.54, 1.807) is 0 Å². The van der Waals surface area contributed by atoms with E-state index in [0.29, 0.717) is 37.1 Å². The van der Waals surface area contributed by atoms with Crippen molar-refractivity contribution in [2.45, 2.75) is 13.8 Å². The van der Waals surface area contributed by atoms with Crippen molar-refractivity contribution in [3.63, 3.8) is 0 Å². The van der Waals surface area contributed by atoms with Crippen molar-refractivity contribution in [3.05, 3.63) is 42.1 Å². The van der Waals surface area contributed by atoms with E-state index in [0.717, 1.165) is 11.4 Å². The molecule has 0 aliphatic heterocycles. The van der Waals surface area contributed by atoms with Gasteiger partial charge in [0.25, 0.3) is 0 Å². The molecule has 0 saturated carbocycles. The van der Waals surface area contributed by atoms with Crippen molar-refractivity contribution in [1.29, 1.82) is 0 Å². The molecule has 112 valence electrons. The molecule has 2 rings (SSSR count). The van der Waals surface area contributed by atoms with E-state index in [-0.39, 0.29) is 0 Å². The zero-order valence-corrected chi connectivity index (χ0v) is 12.3. The van der Waals surface area contributed by atoms with E-state index in [1.165, 1.54) is 0 Å². The summed E-state index contributed by atoms with van der Waals surface area (Å²) in [6.07, 6.45) is 0. The zero-order valence-electron chi connectivity index (χ0n) is 12.3. The normalized spacial score (nSPS) is 10.2. The number of anilines is 1. The van der Waals surface area contributed by atoms with E-state index in [2.05, 4.69) is 4.98 Å². The number of nitrogen functional groups attached to an aromatic ring is 1. The van der Waals surface area contributed by atoms with Gasteiger partial charge in [0, 0.05) is 5.69 Å². The SMILES string of the molecule is CCOc1ccccc1OCCOc1ccc(C)nc1N. The second-order valence-electron chi connectivity index (χ2n) is 4.41. The average Bonchev–Trinajstić information content (AvgIpc) is 2.47. The Hall–Kier alpha value is -2.43. The molecule has 1 heterocycles. The minimum absolute atomic E-state index is 0.384. The van der Waals surface area contributed by atoms with E-state index < -0.39 is 0 Å². The molecule has 1 aromatic heterocycles. The summed E-state index contributed by atoms with van der Waals surface area (Å²) in [6.45, 7) is 5.20. The first-order valence-electron chi connectivity index (χ1n) is 6.91. The zero-order chi connectivity index (χ0) is 15.1. The molecule has 0 unspecified atom stereocenters. The fourth-order valence-electron chi connectivity index (χ4n) is 1.83. The van der Waals surface area contributed by atoms with Crippen LogP contribution in [-0.2, 0) is 0 Å². The van der Waals surface area contributed by atoms with Crippen LogP contribution < -0.4 is 19.9 Å². The minimum atomic E-state index is 0.384. The van der Waals surface area contributed by atoms with Gasteiger partial charge in [-0.15, -0.1) is 0 Å². The number of nitrogens with two attached hydrogens (primary N) is 1. The summed E-state index contributed by atoms with van der Waals surface area (Å²) in [6, 6.07) is 11.2. The summed E-state index contributed by atoms with van der Waals surface area (Å²) in [5.41, 5.74) is 6.64. The van der Waals surface area contributed by atoms with Gasteiger partial charge in [-0.1, -0.05) is 12.1 Å². The lowest BCUT2D eigenvalue weighted by Crippen LogP contribution is -2.11. The molecule has 0 aliphatic carbocycles. The molecule has 21 heavy (non-hydrogen) atoms. The Morgan fingerprint density at radius 1 is 0.905 bits per heavy atom. The molecule has 0 radical (unpaired) electrons. The highest BCUT2D eigenvalue weighted by atomic mass is 16.5. The van der Waals surface area contributed by atoms with Gasteiger partial charge in [-0.2, -0.15) is 0 Å². The van der Waals surface area contributed by atoms with Gasteiger partial charge in [0.15, 0.2) is 23.1 Å². The van der Waals surface area contributed by atoms with Gasteiger partial charge in [-0.25, -0.2) is 4.98 Å². The quantitative estimate of drug-likeness (QED) is 0.794. The summed E-state index contributed by atoms with van der Waals surface area (Å²) in [4.78, 5) is 4.14. The molecular weight excluding hydrogens is 268 g/mol. The summed E-state index contributed by atoms with van der Waals surface area (Å²) in [5, 5.41) is 0. The number of pyridine rings is 1. The fraction of sp³-hybridized carbons (Fsp3) is 0.312. The Labute approximate surface area is 124 Å². The van der Waals surface area contributed by atoms with Crippen LogP contribution in [0.25, 0.3) is 0 Å². The maximum Gasteiger partial charge on any atom is 0.166 e. The number of rotatable bonds is 7. The highest BCUT2D eigenvalue weighted by molar-refractivity contribution is 5.46. The Balaban J connectivity index is 1.84. The van der Waals surface area contributed by atoms with Crippen LogP contribution >= 0.6 is 0 Å². The Bertz CT molecular complexity index is 587.